The summed E-state index contributed by atoms with van der Waals surface area (Å²) < 4.78 is 1.77. The summed E-state index contributed by atoms with van der Waals surface area (Å²) in [5, 5.41) is 8.34. The van der Waals surface area contributed by atoms with Crippen molar-refractivity contribution in [3.8, 4) is 5.69 Å². The lowest BCUT2D eigenvalue weighted by Gasteiger charge is -2.35. The van der Waals surface area contributed by atoms with Crippen LogP contribution in [0.2, 0.25) is 5.02 Å². The highest BCUT2D eigenvalue weighted by Gasteiger charge is 2.54. The second kappa shape index (κ2) is 8.46. The maximum absolute atomic E-state index is 5.91. The van der Waals surface area contributed by atoms with Gasteiger partial charge >= 0.3 is 0 Å². The number of hydrogen-bond donors (Lipinski definition) is 1. The van der Waals surface area contributed by atoms with Crippen LogP contribution in [0.4, 0.5) is 11.6 Å². The number of benzene rings is 1. The third-order valence-electron chi connectivity index (χ3n) is 7.15. The molecule has 1 aromatic carbocycles. The van der Waals surface area contributed by atoms with Gasteiger partial charge in [-0.25, -0.2) is 19.6 Å². The van der Waals surface area contributed by atoms with E-state index in [0.717, 1.165) is 48.8 Å². The molecule has 31 heavy (non-hydrogen) atoms. The molecule has 0 spiro atoms. The van der Waals surface area contributed by atoms with Crippen LogP contribution < -0.4 is 10.2 Å². The predicted octanol–water partition coefficient (Wildman–Crippen LogP) is 4.46. The van der Waals surface area contributed by atoms with Gasteiger partial charge in [-0.1, -0.05) is 18.5 Å². The molecule has 0 bridgehead atoms. The van der Waals surface area contributed by atoms with Crippen LogP contribution in [0.1, 0.15) is 32.6 Å². The molecule has 1 saturated carbocycles. The Balaban J connectivity index is 1.07. The van der Waals surface area contributed by atoms with Crippen molar-refractivity contribution in [2.45, 2.75) is 32.6 Å². The Morgan fingerprint density at radius 3 is 2.55 bits per heavy atom. The summed E-state index contributed by atoms with van der Waals surface area (Å²) in [4.78, 5) is 15.0. The third kappa shape index (κ3) is 4.37. The number of piperidine rings is 1. The average molecular weight is 438 g/mol. The van der Waals surface area contributed by atoms with E-state index in [9.17, 15) is 0 Å². The highest BCUT2D eigenvalue weighted by atomic mass is 35.5. The van der Waals surface area contributed by atoms with Gasteiger partial charge in [0.15, 0.2) is 0 Å². The standard InChI is InChI=1S/C23H28ClN7/c1-23(17-7-10-30(11-8-17)22-27-13-19(24)14-28-22)12-18(23)6-9-26-20-2-4-21(5-3-20)31-16-25-15-29-31/h2-5,13-18,26H,6-12H2,1H3. The molecular weight excluding hydrogens is 410 g/mol. The molecule has 3 aromatic rings. The van der Waals surface area contributed by atoms with Gasteiger partial charge in [0.2, 0.25) is 5.95 Å². The predicted molar refractivity (Wildman–Crippen MR) is 123 cm³/mol. The maximum Gasteiger partial charge on any atom is 0.225 e. The van der Waals surface area contributed by atoms with Crippen molar-refractivity contribution in [2.75, 3.05) is 29.9 Å². The molecule has 1 aliphatic carbocycles. The van der Waals surface area contributed by atoms with Gasteiger partial charge in [0.25, 0.3) is 0 Å². The molecule has 2 fully saturated rings. The van der Waals surface area contributed by atoms with Crippen molar-refractivity contribution >= 4 is 23.2 Å². The van der Waals surface area contributed by atoms with Crippen molar-refractivity contribution < 1.29 is 0 Å². The van der Waals surface area contributed by atoms with E-state index in [0.29, 0.717) is 10.4 Å². The molecule has 162 valence electrons. The lowest BCUT2D eigenvalue weighted by atomic mass is 9.81. The molecule has 2 atom stereocenters. The second-order valence-corrected chi connectivity index (χ2v) is 9.41. The van der Waals surface area contributed by atoms with Crippen LogP contribution in [-0.2, 0) is 0 Å². The number of aromatic nitrogens is 5. The first-order valence-electron chi connectivity index (χ1n) is 11.0. The average Bonchev–Trinajstić information content (AvgIpc) is 3.20. The largest absolute Gasteiger partial charge is 0.385 e. The fraction of sp³-hybridized carbons (Fsp3) is 0.478. The molecule has 1 saturated heterocycles. The molecule has 0 radical (unpaired) electrons. The zero-order chi connectivity index (χ0) is 21.3. The minimum absolute atomic E-state index is 0.492. The monoisotopic (exact) mass is 437 g/mol. The summed E-state index contributed by atoms with van der Waals surface area (Å²) in [6.45, 7) is 5.57. The summed E-state index contributed by atoms with van der Waals surface area (Å²) in [6.07, 6.45) is 11.6. The molecule has 1 aliphatic heterocycles. The highest BCUT2D eigenvalue weighted by Crippen LogP contribution is 2.61. The van der Waals surface area contributed by atoms with Gasteiger partial charge in [0.1, 0.15) is 12.7 Å². The first-order chi connectivity index (χ1) is 15.1. The first kappa shape index (κ1) is 20.2. The Hall–Kier alpha value is -2.67. The van der Waals surface area contributed by atoms with Gasteiger partial charge in [-0.2, -0.15) is 5.10 Å². The summed E-state index contributed by atoms with van der Waals surface area (Å²) in [5.41, 5.74) is 2.67. The van der Waals surface area contributed by atoms with Gasteiger partial charge in [-0.3, -0.25) is 0 Å². The van der Waals surface area contributed by atoms with Crippen LogP contribution in [0.5, 0.6) is 0 Å². The quantitative estimate of drug-likeness (QED) is 0.588. The Labute approximate surface area is 187 Å². The van der Waals surface area contributed by atoms with Crippen LogP contribution in [0.25, 0.3) is 5.69 Å². The Morgan fingerprint density at radius 2 is 1.87 bits per heavy atom. The zero-order valence-corrected chi connectivity index (χ0v) is 18.5. The summed E-state index contributed by atoms with van der Waals surface area (Å²) in [7, 11) is 0. The van der Waals surface area contributed by atoms with Crippen LogP contribution >= 0.6 is 11.6 Å². The molecule has 1 N–H and O–H groups in total. The molecule has 2 aromatic heterocycles. The van der Waals surface area contributed by atoms with Gasteiger partial charge < -0.3 is 10.2 Å². The van der Waals surface area contributed by atoms with E-state index in [1.54, 1.807) is 29.7 Å². The molecule has 2 aliphatic rings. The second-order valence-electron chi connectivity index (χ2n) is 8.97. The number of nitrogens with zero attached hydrogens (tertiary/aromatic N) is 6. The SMILES string of the molecule is CC1(C2CCN(c3ncc(Cl)cn3)CC2)CC1CCNc1ccc(-n2cncn2)cc1. The summed E-state index contributed by atoms with van der Waals surface area (Å²) >= 11 is 5.91. The van der Waals surface area contributed by atoms with Gasteiger partial charge in [-0.05, 0) is 67.2 Å². The van der Waals surface area contributed by atoms with Crippen molar-refractivity contribution in [1.29, 1.82) is 0 Å². The summed E-state index contributed by atoms with van der Waals surface area (Å²) in [6, 6.07) is 8.35. The van der Waals surface area contributed by atoms with E-state index >= 15 is 0 Å². The van der Waals surface area contributed by atoms with Crippen LogP contribution in [-0.4, -0.2) is 44.4 Å². The topological polar surface area (TPSA) is 71.8 Å². The van der Waals surface area contributed by atoms with E-state index in [1.165, 1.54) is 25.7 Å². The van der Waals surface area contributed by atoms with E-state index in [-0.39, 0.29) is 0 Å². The van der Waals surface area contributed by atoms with Gasteiger partial charge in [0, 0.05) is 25.3 Å². The van der Waals surface area contributed by atoms with Crippen LogP contribution in [0, 0.1) is 17.3 Å². The number of nitrogens with one attached hydrogen (secondary N) is 1. The number of hydrogen-bond acceptors (Lipinski definition) is 6. The van der Waals surface area contributed by atoms with Gasteiger partial charge in [0.05, 0.1) is 23.1 Å². The molecule has 5 rings (SSSR count). The maximum atomic E-state index is 5.91. The number of rotatable bonds is 7. The molecular formula is C23H28ClN7. The Bertz CT molecular complexity index is 982. The minimum atomic E-state index is 0.492. The number of anilines is 2. The molecule has 2 unspecified atom stereocenters. The van der Waals surface area contributed by atoms with Crippen molar-refractivity contribution in [3.05, 3.63) is 54.3 Å². The Kier molecular flexibility index (Phi) is 5.52. The highest BCUT2D eigenvalue weighted by molar-refractivity contribution is 6.30. The molecule has 8 heteroatoms. The normalized spacial score (nSPS) is 23.7. The lowest BCUT2D eigenvalue weighted by molar-refractivity contribution is 0.248. The van der Waals surface area contributed by atoms with E-state index in [4.69, 9.17) is 11.6 Å². The zero-order valence-electron chi connectivity index (χ0n) is 17.8. The molecule has 7 nitrogen and oxygen atoms in total. The first-order valence-corrected chi connectivity index (χ1v) is 11.4. The fourth-order valence-corrected chi connectivity index (χ4v) is 5.17. The lowest BCUT2D eigenvalue weighted by Crippen LogP contribution is -2.37. The minimum Gasteiger partial charge on any atom is -0.385 e. The van der Waals surface area contributed by atoms with E-state index in [2.05, 4.69) is 61.5 Å². The van der Waals surface area contributed by atoms with Crippen LogP contribution in [0.15, 0.2) is 49.3 Å². The molecule has 3 heterocycles. The van der Waals surface area contributed by atoms with Crippen molar-refractivity contribution in [3.63, 3.8) is 0 Å². The van der Waals surface area contributed by atoms with E-state index in [1.807, 2.05) is 0 Å². The summed E-state index contributed by atoms with van der Waals surface area (Å²) in [5.74, 6) is 2.42. The van der Waals surface area contributed by atoms with Crippen LogP contribution in [0.3, 0.4) is 0 Å². The van der Waals surface area contributed by atoms with Gasteiger partial charge in [-0.15, -0.1) is 0 Å². The Morgan fingerprint density at radius 1 is 1.13 bits per heavy atom. The van der Waals surface area contributed by atoms with Crippen molar-refractivity contribution in [1.82, 2.24) is 24.7 Å². The number of halogens is 1. The fourth-order valence-electron chi connectivity index (χ4n) is 5.08. The molecule has 0 amide bonds. The van der Waals surface area contributed by atoms with E-state index < -0.39 is 0 Å². The van der Waals surface area contributed by atoms with Crippen molar-refractivity contribution in [2.24, 2.45) is 17.3 Å². The third-order valence-corrected chi connectivity index (χ3v) is 7.34. The smallest absolute Gasteiger partial charge is 0.225 e.